The Hall–Kier alpha value is -0.0800. The largest absolute Gasteiger partial charge is 0.327 e. The third-order valence-electron chi connectivity index (χ3n) is 3.88. The van der Waals surface area contributed by atoms with Gasteiger partial charge in [-0.1, -0.05) is 33.6 Å². The van der Waals surface area contributed by atoms with Crippen LogP contribution in [0.3, 0.4) is 0 Å². The Kier molecular flexibility index (Phi) is 4.39. The first-order valence-corrected chi connectivity index (χ1v) is 6.05. The number of rotatable bonds is 5. The minimum Gasteiger partial charge on any atom is -0.327 e. The van der Waals surface area contributed by atoms with Crippen molar-refractivity contribution in [3.63, 3.8) is 0 Å². The molecule has 1 fully saturated rings. The average Bonchev–Trinajstić information content (AvgIpc) is 2.47. The summed E-state index contributed by atoms with van der Waals surface area (Å²) in [5, 5.41) is 3.57. The average molecular weight is 198 g/mol. The van der Waals surface area contributed by atoms with E-state index in [0.717, 1.165) is 19.0 Å². The molecule has 1 rings (SSSR count). The lowest BCUT2D eigenvalue weighted by atomic mass is 9.85. The first-order chi connectivity index (χ1) is 6.58. The zero-order valence-corrected chi connectivity index (χ0v) is 9.97. The van der Waals surface area contributed by atoms with Crippen LogP contribution in [0.25, 0.3) is 0 Å². The van der Waals surface area contributed by atoms with E-state index in [1.165, 1.54) is 25.7 Å². The molecule has 0 aromatic rings. The summed E-state index contributed by atoms with van der Waals surface area (Å²) in [5.74, 6) is 0.788. The highest BCUT2D eigenvalue weighted by Crippen LogP contribution is 2.35. The van der Waals surface area contributed by atoms with Crippen molar-refractivity contribution in [3.8, 4) is 0 Å². The van der Waals surface area contributed by atoms with Gasteiger partial charge in [-0.2, -0.15) is 0 Å². The van der Waals surface area contributed by atoms with Crippen molar-refractivity contribution in [1.82, 2.24) is 5.32 Å². The minimum absolute atomic E-state index is 0.355. The van der Waals surface area contributed by atoms with Gasteiger partial charge in [-0.05, 0) is 30.7 Å². The standard InChI is InChI=1S/C12H26N2/c1-4-10(2)8-14-9-12(3)7-5-6-11(12)13/h10-11,14H,4-9,13H2,1-3H3. The second-order valence-electron chi connectivity index (χ2n) is 5.30. The molecule has 3 unspecified atom stereocenters. The molecule has 3 atom stereocenters. The van der Waals surface area contributed by atoms with Crippen molar-refractivity contribution in [1.29, 1.82) is 0 Å². The van der Waals surface area contributed by atoms with Gasteiger partial charge in [0.2, 0.25) is 0 Å². The zero-order chi connectivity index (χ0) is 10.6. The van der Waals surface area contributed by atoms with Crippen LogP contribution in [0.15, 0.2) is 0 Å². The third kappa shape index (κ3) is 2.96. The van der Waals surface area contributed by atoms with Gasteiger partial charge in [0.1, 0.15) is 0 Å². The van der Waals surface area contributed by atoms with Crippen LogP contribution in [0, 0.1) is 11.3 Å². The molecule has 0 saturated heterocycles. The van der Waals surface area contributed by atoms with Crippen LogP contribution in [0.2, 0.25) is 0 Å². The Morgan fingerprint density at radius 3 is 2.79 bits per heavy atom. The fourth-order valence-electron chi connectivity index (χ4n) is 2.23. The maximum atomic E-state index is 6.12. The summed E-state index contributed by atoms with van der Waals surface area (Å²) in [6.45, 7) is 9.10. The predicted molar refractivity (Wildman–Crippen MR) is 62.3 cm³/mol. The van der Waals surface area contributed by atoms with E-state index in [4.69, 9.17) is 5.73 Å². The van der Waals surface area contributed by atoms with E-state index < -0.39 is 0 Å². The molecule has 0 spiro atoms. The fraction of sp³-hybridized carbons (Fsp3) is 1.00. The van der Waals surface area contributed by atoms with Crippen molar-refractivity contribution >= 4 is 0 Å². The van der Waals surface area contributed by atoms with Gasteiger partial charge in [-0.25, -0.2) is 0 Å². The SMILES string of the molecule is CCC(C)CNCC1(C)CCCC1N. The molecule has 1 aliphatic carbocycles. The highest BCUT2D eigenvalue weighted by atomic mass is 14.9. The smallest absolute Gasteiger partial charge is 0.0105 e. The number of nitrogens with one attached hydrogen (secondary N) is 1. The molecule has 2 heteroatoms. The molecule has 3 N–H and O–H groups in total. The molecule has 0 aliphatic heterocycles. The summed E-state index contributed by atoms with van der Waals surface area (Å²) in [6.07, 6.45) is 5.07. The summed E-state index contributed by atoms with van der Waals surface area (Å²) in [7, 11) is 0. The van der Waals surface area contributed by atoms with E-state index >= 15 is 0 Å². The summed E-state index contributed by atoms with van der Waals surface area (Å²) in [4.78, 5) is 0. The van der Waals surface area contributed by atoms with Crippen molar-refractivity contribution < 1.29 is 0 Å². The van der Waals surface area contributed by atoms with Crippen molar-refractivity contribution in [2.45, 2.75) is 52.5 Å². The van der Waals surface area contributed by atoms with Crippen molar-refractivity contribution in [2.75, 3.05) is 13.1 Å². The Morgan fingerprint density at radius 1 is 1.57 bits per heavy atom. The highest BCUT2D eigenvalue weighted by molar-refractivity contribution is 4.92. The van der Waals surface area contributed by atoms with E-state index in [2.05, 4.69) is 26.1 Å². The van der Waals surface area contributed by atoms with Crippen LogP contribution in [-0.2, 0) is 0 Å². The second-order valence-corrected chi connectivity index (χ2v) is 5.30. The Labute approximate surface area is 88.6 Å². The zero-order valence-electron chi connectivity index (χ0n) is 9.97. The minimum atomic E-state index is 0.355. The summed E-state index contributed by atoms with van der Waals surface area (Å²) < 4.78 is 0. The normalized spacial score (nSPS) is 34.7. The monoisotopic (exact) mass is 198 g/mol. The Bertz CT molecular complexity index is 170. The van der Waals surface area contributed by atoms with E-state index in [0.29, 0.717) is 11.5 Å². The second kappa shape index (κ2) is 5.13. The molecule has 0 radical (unpaired) electrons. The van der Waals surface area contributed by atoms with Gasteiger partial charge in [-0.3, -0.25) is 0 Å². The van der Waals surface area contributed by atoms with Crippen LogP contribution in [0.4, 0.5) is 0 Å². The summed E-state index contributed by atoms with van der Waals surface area (Å²) in [5.41, 5.74) is 6.48. The van der Waals surface area contributed by atoms with Crippen LogP contribution >= 0.6 is 0 Å². The number of hydrogen-bond donors (Lipinski definition) is 2. The lowest BCUT2D eigenvalue weighted by molar-refractivity contribution is 0.271. The molecular formula is C12H26N2. The van der Waals surface area contributed by atoms with Crippen molar-refractivity contribution in [2.24, 2.45) is 17.1 Å². The number of nitrogens with two attached hydrogens (primary N) is 1. The van der Waals surface area contributed by atoms with Crippen LogP contribution in [0.5, 0.6) is 0 Å². The molecule has 0 heterocycles. The first-order valence-electron chi connectivity index (χ1n) is 6.05. The van der Waals surface area contributed by atoms with Gasteiger partial charge in [0.25, 0.3) is 0 Å². The topological polar surface area (TPSA) is 38.0 Å². The lowest BCUT2D eigenvalue weighted by Crippen LogP contribution is -2.43. The Morgan fingerprint density at radius 2 is 2.29 bits per heavy atom. The van der Waals surface area contributed by atoms with Gasteiger partial charge in [0.05, 0.1) is 0 Å². The molecule has 0 amide bonds. The molecule has 1 saturated carbocycles. The van der Waals surface area contributed by atoms with Crippen LogP contribution in [-0.4, -0.2) is 19.1 Å². The Balaban J connectivity index is 2.23. The summed E-state index contributed by atoms with van der Waals surface area (Å²) in [6, 6.07) is 0.409. The number of hydrogen-bond acceptors (Lipinski definition) is 2. The van der Waals surface area contributed by atoms with E-state index in [1.54, 1.807) is 0 Å². The molecule has 0 aromatic heterocycles. The fourth-order valence-corrected chi connectivity index (χ4v) is 2.23. The maximum absolute atomic E-state index is 6.12. The van der Waals surface area contributed by atoms with Gasteiger partial charge in [0, 0.05) is 12.6 Å². The maximum Gasteiger partial charge on any atom is 0.0105 e. The third-order valence-corrected chi connectivity index (χ3v) is 3.88. The lowest BCUT2D eigenvalue weighted by Gasteiger charge is -2.29. The molecule has 2 nitrogen and oxygen atoms in total. The van der Waals surface area contributed by atoms with Crippen molar-refractivity contribution in [3.05, 3.63) is 0 Å². The van der Waals surface area contributed by atoms with E-state index in [1.807, 2.05) is 0 Å². The van der Waals surface area contributed by atoms with Gasteiger partial charge < -0.3 is 11.1 Å². The quantitative estimate of drug-likeness (QED) is 0.710. The highest BCUT2D eigenvalue weighted by Gasteiger charge is 2.35. The first kappa shape index (κ1) is 12.0. The van der Waals surface area contributed by atoms with E-state index in [-0.39, 0.29) is 0 Å². The molecule has 84 valence electrons. The molecule has 0 aromatic carbocycles. The molecular weight excluding hydrogens is 172 g/mol. The molecule has 0 bridgehead atoms. The van der Waals surface area contributed by atoms with Gasteiger partial charge in [0.15, 0.2) is 0 Å². The van der Waals surface area contributed by atoms with Gasteiger partial charge in [-0.15, -0.1) is 0 Å². The van der Waals surface area contributed by atoms with Crippen LogP contribution < -0.4 is 11.1 Å². The van der Waals surface area contributed by atoms with Crippen LogP contribution in [0.1, 0.15) is 46.5 Å². The molecule has 14 heavy (non-hydrogen) atoms. The summed E-state index contributed by atoms with van der Waals surface area (Å²) >= 11 is 0. The predicted octanol–water partition coefficient (Wildman–Crippen LogP) is 2.14. The molecule has 1 aliphatic rings. The van der Waals surface area contributed by atoms with E-state index in [9.17, 15) is 0 Å². The van der Waals surface area contributed by atoms with Gasteiger partial charge >= 0.3 is 0 Å².